The number of rotatable bonds is 6. The SMILES string of the molecule is CCS(=O)(=O)c1ccccc1C(=O)N=c1sc2cc(F)ccc2n1CCSC. The maximum absolute atomic E-state index is 13.6. The average molecular weight is 439 g/mol. The first-order valence-corrected chi connectivity index (χ1v) is 12.4. The van der Waals surface area contributed by atoms with Crippen LogP contribution in [-0.2, 0) is 16.4 Å². The van der Waals surface area contributed by atoms with Gasteiger partial charge in [0.1, 0.15) is 5.82 Å². The number of thioether (sulfide) groups is 1. The fourth-order valence-electron chi connectivity index (χ4n) is 2.75. The van der Waals surface area contributed by atoms with E-state index in [0.717, 1.165) is 11.3 Å². The number of benzene rings is 2. The van der Waals surface area contributed by atoms with Gasteiger partial charge >= 0.3 is 0 Å². The van der Waals surface area contributed by atoms with Gasteiger partial charge in [-0.1, -0.05) is 30.4 Å². The second-order valence-electron chi connectivity index (χ2n) is 5.96. The Bertz CT molecular complexity index is 1200. The van der Waals surface area contributed by atoms with Crippen LogP contribution >= 0.6 is 23.1 Å². The van der Waals surface area contributed by atoms with Crippen LogP contribution in [0.4, 0.5) is 4.39 Å². The molecular weight excluding hydrogens is 419 g/mol. The molecule has 0 fully saturated rings. The van der Waals surface area contributed by atoms with Crippen LogP contribution < -0.4 is 4.80 Å². The third-order valence-electron chi connectivity index (χ3n) is 4.19. The monoisotopic (exact) mass is 438 g/mol. The summed E-state index contributed by atoms with van der Waals surface area (Å²) in [4.78, 5) is 17.5. The predicted octanol–water partition coefficient (Wildman–Crippen LogP) is 3.74. The molecule has 3 aromatic rings. The predicted molar refractivity (Wildman–Crippen MR) is 112 cm³/mol. The van der Waals surface area contributed by atoms with Gasteiger partial charge in [-0.25, -0.2) is 12.8 Å². The number of amides is 1. The van der Waals surface area contributed by atoms with Crippen LogP contribution in [0.15, 0.2) is 52.4 Å². The number of aryl methyl sites for hydroxylation is 1. The molecule has 0 saturated carbocycles. The van der Waals surface area contributed by atoms with E-state index in [2.05, 4.69) is 4.99 Å². The third kappa shape index (κ3) is 4.21. The number of carbonyl (C=O) groups excluding carboxylic acids is 1. The largest absolute Gasteiger partial charge is 0.316 e. The molecule has 28 heavy (non-hydrogen) atoms. The fourth-order valence-corrected chi connectivity index (χ4v) is 5.28. The van der Waals surface area contributed by atoms with E-state index in [1.165, 1.54) is 42.5 Å². The van der Waals surface area contributed by atoms with Gasteiger partial charge in [0, 0.05) is 12.3 Å². The number of sulfone groups is 1. The minimum atomic E-state index is -3.56. The van der Waals surface area contributed by atoms with Crippen LogP contribution in [0.25, 0.3) is 10.2 Å². The zero-order valence-corrected chi connectivity index (χ0v) is 17.8. The molecule has 0 spiro atoms. The van der Waals surface area contributed by atoms with Crippen molar-refractivity contribution in [1.29, 1.82) is 0 Å². The Kier molecular flexibility index (Phi) is 6.36. The molecule has 0 aliphatic rings. The highest BCUT2D eigenvalue weighted by Gasteiger charge is 2.20. The maximum atomic E-state index is 13.6. The number of nitrogens with zero attached hydrogens (tertiary/aromatic N) is 2. The van der Waals surface area contributed by atoms with Gasteiger partial charge in [-0.3, -0.25) is 4.79 Å². The summed E-state index contributed by atoms with van der Waals surface area (Å²) >= 11 is 2.86. The molecule has 0 N–H and O–H groups in total. The lowest BCUT2D eigenvalue weighted by molar-refractivity contribution is 0.0994. The summed E-state index contributed by atoms with van der Waals surface area (Å²) in [6, 6.07) is 10.5. The lowest BCUT2D eigenvalue weighted by atomic mass is 10.2. The molecule has 1 heterocycles. The van der Waals surface area contributed by atoms with Gasteiger partial charge in [0.25, 0.3) is 5.91 Å². The normalized spacial score (nSPS) is 12.6. The van der Waals surface area contributed by atoms with E-state index in [1.807, 2.05) is 10.8 Å². The van der Waals surface area contributed by atoms with Crippen LogP contribution in [0.3, 0.4) is 0 Å². The number of aromatic nitrogens is 1. The van der Waals surface area contributed by atoms with Crippen LogP contribution in [0, 0.1) is 5.82 Å². The van der Waals surface area contributed by atoms with E-state index in [0.29, 0.717) is 16.0 Å². The topological polar surface area (TPSA) is 68.5 Å². The Morgan fingerprint density at radius 1 is 1.25 bits per heavy atom. The van der Waals surface area contributed by atoms with Gasteiger partial charge in [0.05, 0.1) is 26.4 Å². The summed E-state index contributed by atoms with van der Waals surface area (Å²) in [6.07, 6.45) is 1.97. The second kappa shape index (κ2) is 8.59. The van der Waals surface area contributed by atoms with E-state index in [1.54, 1.807) is 30.0 Å². The minimum Gasteiger partial charge on any atom is -0.316 e. The second-order valence-corrected chi connectivity index (χ2v) is 10.2. The molecule has 0 aliphatic carbocycles. The van der Waals surface area contributed by atoms with Gasteiger partial charge in [-0.2, -0.15) is 16.8 Å². The Morgan fingerprint density at radius 2 is 2.00 bits per heavy atom. The van der Waals surface area contributed by atoms with Gasteiger partial charge < -0.3 is 4.57 Å². The van der Waals surface area contributed by atoms with Crippen LogP contribution in [-0.4, -0.2) is 36.7 Å². The molecule has 0 radical (unpaired) electrons. The molecule has 9 heteroatoms. The van der Waals surface area contributed by atoms with E-state index in [4.69, 9.17) is 0 Å². The first-order valence-electron chi connectivity index (χ1n) is 8.56. The molecule has 0 unspecified atom stereocenters. The maximum Gasteiger partial charge on any atom is 0.280 e. The summed E-state index contributed by atoms with van der Waals surface area (Å²) in [5, 5.41) is 0. The van der Waals surface area contributed by atoms with Crippen molar-refractivity contribution in [2.75, 3.05) is 17.8 Å². The Labute approximate surface area is 170 Å². The first-order chi connectivity index (χ1) is 13.4. The molecule has 1 aromatic heterocycles. The number of hydrogen-bond acceptors (Lipinski definition) is 5. The lowest BCUT2D eigenvalue weighted by Gasteiger charge is -2.06. The first kappa shape index (κ1) is 20.8. The molecule has 0 saturated heterocycles. The van der Waals surface area contributed by atoms with Gasteiger partial charge in [0.2, 0.25) is 0 Å². The highest BCUT2D eigenvalue weighted by atomic mass is 32.2. The average Bonchev–Trinajstić information content (AvgIpc) is 3.02. The number of fused-ring (bicyclic) bond motifs is 1. The van der Waals surface area contributed by atoms with Crippen molar-refractivity contribution < 1.29 is 17.6 Å². The van der Waals surface area contributed by atoms with Crippen molar-refractivity contribution in [1.82, 2.24) is 4.57 Å². The van der Waals surface area contributed by atoms with Crippen molar-refractivity contribution in [3.05, 3.63) is 58.6 Å². The number of thiazole rings is 1. The molecule has 3 rings (SSSR count). The molecule has 0 bridgehead atoms. The Balaban J connectivity index is 2.17. The van der Waals surface area contributed by atoms with E-state index < -0.39 is 15.7 Å². The Morgan fingerprint density at radius 3 is 2.71 bits per heavy atom. The smallest absolute Gasteiger partial charge is 0.280 e. The van der Waals surface area contributed by atoms with Gasteiger partial charge in [-0.15, -0.1) is 0 Å². The highest BCUT2D eigenvalue weighted by Crippen LogP contribution is 2.21. The van der Waals surface area contributed by atoms with E-state index in [9.17, 15) is 17.6 Å². The lowest BCUT2D eigenvalue weighted by Crippen LogP contribution is -2.19. The van der Waals surface area contributed by atoms with Crippen molar-refractivity contribution in [3.8, 4) is 0 Å². The van der Waals surface area contributed by atoms with Crippen molar-refractivity contribution in [2.24, 2.45) is 4.99 Å². The van der Waals surface area contributed by atoms with Gasteiger partial charge in [0.15, 0.2) is 14.6 Å². The summed E-state index contributed by atoms with van der Waals surface area (Å²) in [6.45, 7) is 2.14. The molecule has 148 valence electrons. The van der Waals surface area contributed by atoms with Crippen molar-refractivity contribution in [3.63, 3.8) is 0 Å². The Hall–Kier alpha value is -1.97. The zero-order chi connectivity index (χ0) is 20.3. The highest BCUT2D eigenvalue weighted by molar-refractivity contribution is 7.98. The molecular formula is C19H19FN2O3S3. The minimum absolute atomic E-state index is 0.0194. The van der Waals surface area contributed by atoms with Crippen LogP contribution in [0.5, 0.6) is 0 Å². The molecule has 5 nitrogen and oxygen atoms in total. The number of halogens is 1. The van der Waals surface area contributed by atoms with E-state index >= 15 is 0 Å². The zero-order valence-electron chi connectivity index (χ0n) is 15.4. The summed E-state index contributed by atoms with van der Waals surface area (Å²) in [7, 11) is -3.56. The van der Waals surface area contributed by atoms with E-state index in [-0.39, 0.29) is 22.0 Å². The third-order valence-corrected chi connectivity index (χ3v) is 7.61. The molecule has 1 amide bonds. The number of hydrogen-bond donors (Lipinski definition) is 0. The summed E-state index contributed by atoms with van der Waals surface area (Å²) < 4.78 is 40.8. The quantitative estimate of drug-likeness (QED) is 0.588. The van der Waals surface area contributed by atoms with Gasteiger partial charge in [-0.05, 0) is 36.6 Å². The molecule has 0 atom stereocenters. The standard InChI is InChI=1S/C19H19FN2O3S3/c1-3-28(24,25)17-7-5-4-6-14(17)18(23)21-19-22(10-11-26-2)15-9-8-13(20)12-16(15)27-19/h4-9,12H,3,10-11H2,1-2H3. The molecule has 0 aliphatic heterocycles. The fraction of sp³-hybridized carbons (Fsp3) is 0.263. The number of carbonyl (C=O) groups is 1. The van der Waals surface area contributed by atoms with Crippen LogP contribution in [0.2, 0.25) is 0 Å². The van der Waals surface area contributed by atoms with Crippen LogP contribution in [0.1, 0.15) is 17.3 Å². The van der Waals surface area contributed by atoms with Crippen molar-refractivity contribution in [2.45, 2.75) is 18.4 Å². The van der Waals surface area contributed by atoms with Crippen molar-refractivity contribution >= 4 is 49.1 Å². The summed E-state index contributed by atoms with van der Waals surface area (Å²) in [5.74, 6) is -0.293. The molecule has 2 aromatic carbocycles. The summed E-state index contributed by atoms with van der Waals surface area (Å²) in [5.41, 5.74) is 0.839.